The lowest BCUT2D eigenvalue weighted by atomic mass is 10.0. The molecule has 0 spiro atoms. The largest absolute Gasteiger partial charge is 0.548 e. The van der Waals surface area contributed by atoms with Crippen molar-refractivity contribution in [2.75, 3.05) is 5.32 Å². The predicted molar refractivity (Wildman–Crippen MR) is 76.6 cm³/mol. The van der Waals surface area contributed by atoms with E-state index >= 15 is 0 Å². The van der Waals surface area contributed by atoms with Crippen LogP contribution < -0.4 is 15.7 Å². The maximum Gasteiger partial charge on any atom is 0.319 e. The monoisotopic (exact) mass is 297 g/mol. The minimum atomic E-state index is -1.29. The van der Waals surface area contributed by atoms with E-state index in [1.54, 1.807) is 18.2 Å². The van der Waals surface area contributed by atoms with Crippen molar-refractivity contribution in [3.8, 4) is 0 Å². The minimum Gasteiger partial charge on any atom is -0.548 e. The Kier molecular flexibility index (Phi) is 5.82. The third-order valence-electron chi connectivity index (χ3n) is 2.74. The number of carbonyl (C=O) groups excluding carboxylic acids is 2. The lowest BCUT2D eigenvalue weighted by molar-refractivity contribution is -0.308. The average Bonchev–Trinajstić information content (AvgIpc) is 2.32. The summed E-state index contributed by atoms with van der Waals surface area (Å²) < 4.78 is 0. The zero-order chi connectivity index (χ0) is 15.3. The van der Waals surface area contributed by atoms with Gasteiger partial charge in [0.25, 0.3) is 0 Å². The van der Waals surface area contributed by atoms with Crippen molar-refractivity contribution in [3.63, 3.8) is 0 Å². The molecule has 1 atom stereocenters. The lowest BCUT2D eigenvalue weighted by Gasteiger charge is -2.22. The number of benzene rings is 1. The van der Waals surface area contributed by atoms with E-state index in [2.05, 4.69) is 10.6 Å². The van der Waals surface area contributed by atoms with Crippen LogP contribution in [0.25, 0.3) is 0 Å². The van der Waals surface area contributed by atoms with Gasteiger partial charge in [-0.25, -0.2) is 4.79 Å². The summed E-state index contributed by atoms with van der Waals surface area (Å²) in [4.78, 5) is 22.8. The third kappa shape index (κ3) is 5.09. The lowest BCUT2D eigenvalue weighted by Crippen LogP contribution is -2.49. The molecule has 0 aliphatic heterocycles. The molecule has 1 rings (SSSR count). The molecule has 2 N–H and O–H groups in total. The van der Waals surface area contributed by atoms with Crippen LogP contribution in [0.4, 0.5) is 10.5 Å². The first-order valence-corrected chi connectivity index (χ1v) is 6.72. The van der Waals surface area contributed by atoms with Crippen LogP contribution >= 0.6 is 11.6 Å². The number of hydrogen-bond donors (Lipinski definition) is 2. The molecule has 1 aromatic rings. The molecule has 1 aromatic carbocycles. The average molecular weight is 298 g/mol. The number of carboxylic acid groups (broad SMARTS) is 1. The summed E-state index contributed by atoms with van der Waals surface area (Å²) in [5.41, 5.74) is 1.37. The van der Waals surface area contributed by atoms with Gasteiger partial charge in [-0.3, -0.25) is 0 Å². The van der Waals surface area contributed by atoms with E-state index in [0.29, 0.717) is 17.1 Å². The number of halogens is 1. The standard InChI is InChI=1S/C14H19ClN2O3/c1-8(2)6-12(13(18)19)17-14(20)16-11-7-10(15)5-4-9(11)3/h4-5,7-8,12H,6H2,1-3H3,(H,18,19)(H2,16,17,20)/p-1/t12-/m0/s1. The van der Waals surface area contributed by atoms with Gasteiger partial charge in [-0.2, -0.15) is 0 Å². The van der Waals surface area contributed by atoms with Crippen LogP contribution in [0.1, 0.15) is 25.8 Å². The smallest absolute Gasteiger partial charge is 0.319 e. The molecule has 2 amide bonds. The number of carboxylic acids is 1. The van der Waals surface area contributed by atoms with Gasteiger partial charge in [0, 0.05) is 10.7 Å². The van der Waals surface area contributed by atoms with Crippen molar-refractivity contribution in [1.82, 2.24) is 5.32 Å². The Morgan fingerprint density at radius 1 is 1.35 bits per heavy atom. The topological polar surface area (TPSA) is 81.3 Å². The number of carbonyl (C=O) groups is 2. The van der Waals surface area contributed by atoms with Gasteiger partial charge in [-0.1, -0.05) is 31.5 Å². The van der Waals surface area contributed by atoms with Gasteiger partial charge in [0.2, 0.25) is 0 Å². The maximum atomic E-state index is 11.8. The van der Waals surface area contributed by atoms with Gasteiger partial charge in [-0.15, -0.1) is 0 Å². The van der Waals surface area contributed by atoms with Crippen molar-refractivity contribution in [1.29, 1.82) is 0 Å². The van der Waals surface area contributed by atoms with Crippen molar-refractivity contribution in [2.45, 2.75) is 33.2 Å². The summed E-state index contributed by atoms with van der Waals surface area (Å²) in [6.45, 7) is 5.56. The number of hydrogen-bond acceptors (Lipinski definition) is 3. The number of aryl methyl sites for hydroxylation is 1. The second-order valence-corrected chi connectivity index (χ2v) is 5.50. The highest BCUT2D eigenvalue weighted by molar-refractivity contribution is 6.31. The van der Waals surface area contributed by atoms with Crippen LogP contribution in [0.2, 0.25) is 5.02 Å². The molecule has 0 aromatic heterocycles. The second kappa shape index (κ2) is 7.14. The number of urea groups is 1. The first kappa shape index (κ1) is 16.3. The molecule has 5 nitrogen and oxygen atoms in total. The van der Waals surface area contributed by atoms with E-state index in [1.807, 2.05) is 20.8 Å². The Hall–Kier alpha value is -1.75. The molecule has 0 saturated heterocycles. The quantitative estimate of drug-likeness (QED) is 0.871. The van der Waals surface area contributed by atoms with E-state index in [9.17, 15) is 14.7 Å². The summed E-state index contributed by atoms with van der Waals surface area (Å²) in [6.07, 6.45) is 0.310. The van der Waals surface area contributed by atoms with E-state index in [4.69, 9.17) is 11.6 Å². The molecule has 0 radical (unpaired) electrons. The first-order chi connectivity index (χ1) is 9.29. The van der Waals surface area contributed by atoms with Crippen LogP contribution in [0.15, 0.2) is 18.2 Å². The number of amides is 2. The van der Waals surface area contributed by atoms with Crippen LogP contribution in [-0.4, -0.2) is 18.0 Å². The van der Waals surface area contributed by atoms with Gasteiger partial charge >= 0.3 is 6.03 Å². The van der Waals surface area contributed by atoms with Crippen molar-refractivity contribution < 1.29 is 14.7 Å². The Bertz CT molecular complexity index is 503. The molecule has 0 aliphatic carbocycles. The highest BCUT2D eigenvalue weighted by Gasteiger charge is 2.15. The molecule has 110 valence electrons. The number of nitrogens with one attached hydrogen (secondary N) is 2. The summed E-state index contributed by atoms with van der Waals surface area (Å²) in [5, 5.41) is 16.4. The van der Waals surface area contributed by atoms with Gasteiger partial charge in [-0.05, 0) is 37.0 Å². The first-order valence-electron chi connectivity index (χ1n) is 6.34. The fourth-order valence-electron chi connectivity index (χ4n) is 1.73. The predicted octanol–water partition coefficient (Wildman–Crippen LogP) is 1.93. The van der Waals surface area contributed by atoms with Crippen molar-refractivity contribution in [3.05, 3.63) is 28.8 Å². The highest BCUT2D eigenvalue weighted by Crippen LogP contribution is 2.20. The van der Waals surface area contributed by atoms with Gasteiger partial charge in [0.1, 0.15) is 0 Å². The van der Waals surface area contributed by atoms with Crippen LogP contribution in [0.3, 0.4) is 0 Å². The Morgan fingerprint density at radius 2 is 2.00 bits per heavy atom. The summed E-state index contributed by atoms with van der Waals surface area (Å²) in [6, 6.07) is 3.47. The SMILES string of the molecule is Cc1ccc(Cl)cc1NC(=O)N[C@@H](CC(C)C)C(=O)[O-]. The number of rotatable bonds is 5. The van der Waals surface area contributed by atoms with E-state index in [1.165, 1.54) is 0 Å². The molecule has 6 heteroatoms. The highest BCUT2D eigenvalue weighted by atomic mass is 35.5. The fourth-order valence-corrected chi connectivity index (χ4v) is 1.90. The summed E-state index contributed by atoms with van der Waals surface area (Å²) in [5.74, 6) is -1.16. The Morgan fingerprint density at radius 3 is 2.55 bits per heavy atom. The molecule has 0 unspecified atom stereocenters. The van der Waals surface area contributed by atoms with Crippen LogP contribution in [-0.2, 0) is 4.79 Å². The molecule has 0 aliphatic rings. The van der Waals surface area contributed by atoms with Crippen molar-refractivity contribution in [2.24, 2.45) is 5.92 Å². The zero-order valence-corrected chi connectivity index (χ0v) is 12.5. The second-order valence-electron chi connectivity index (χ2n) is 5.06. The molecular formula is C14H18ClN2O3-. The van der Waals surface area contributed by atoms with E-state index in [0.717, 1.165) is 5.56 Å². The number of anilines is 1. The molecule has 0 bridgehead atoms. The molecule has 0 heterocycles. The molecule has 20 heavy (non-hydrogen) atoms. The zero-order valence-electron chi connectivity index (χ0n) is 11.7. The van der Waals surface area contributed by atoms with E-state index in [-0.39, 0.29) is 5.92 Å². The minimum absolute atomic E-state index is 0.131. The Labute approximate surface area is 123 Å². The van der Waals surface area contributed by atoms with Gasteiger partial charge in [0.15, 0.2) is 0 Å². The molecule has 0 fully saturated rings. The normalized spacial score (nSPS) is 12.1. The molecule has 0 saturated carbocycles. The van der Waals surface area contributed by atoms with Gasteiger partial charge in [0.05, 0.1) is 12.0 Å². The van der Waals surface area contributed by atoms with Crippen molar-refractivity contribution >= 4 is 29.3 Å². The fraction of sp³-hybridized carbons (Fsp3) is 0.429. The third-order valence-corrected chi connectivity index (χ3v) is 2.98. The molecular weight excluding hydrogens is 280 g/mol. The van der Waals surface area contributed by atoms with Gasteiger partial charge < -0.3 is 20.5 Å². The maximum absolute atomic E-state index is 11.8. The Balaban J connectivity index is 2.70. The summed E-state index contributed by atoms with van der Waals surface area (Å²) >= 11 is 5.85. The van der Waals surface area contributed by atoms with Crippen LogP contribution in [0, 0.1) is 12.8 Å². The van der Waals surface area contributed by atoms with Crippen LogP contribution in [0.5, 0.6) is 0 Å². The summed E-state index contributed by atoms with van der Waals surface area (Å²) in [7, 11) is 0. The number of aliphatic carboxylic acids is 1. The van der Waals surface area contributed by atoms with E-state index < -0.39 is 18.0 Å².